The van der Waals surface area contributed by atoms with Crippen molar-refractivity contribution in [2.24, 2.45) is 0 Å². The van der Waals surface area contributed by atoms with Crippen molar-refractivity contribution < 1.29 is 4.74 Å². The second-order valence-corrected chi connectivity index (χ2v) is 3.88. The molecule has 0 radical (unpaired) electrons. The standard InChI is InChI=1S/C14H22O/c1-7-11-13(5,9-3)15-14(6,10-4)12-8-2/h7-12H,3-4H2,1-2,5-6H3. The van der Waals surface area contributed by atoms with Crippen molar-refractivity contribution in [2.45, 2.75) is 38.9 Å². The molecule has 84 valence electrons. The molecular weight excluding hydrogens is 184 g/mol. The molecule has 0 aliphatic carbocycles. The highest BCUT2D eigenvalue weighted by Gasteiger charge is 2.27. The van der Waals surface area contributed by atoms with Crippen LogP contribution in [0.4, 0.5) is 0 Å². The fourth-order valence-electron chi connectivity index (χ4n) is 1.42. The molecule has 0 N–H and O–H groups in total. The second kappa shape index (κ2) is 5.72. The van der Waals surface area contributed by atoms with E-state index in [2.05, 4.69) is 13.2 Å². The average Bonchev–Trinajstić information content (AvgIpc) is 2.18. The Morgan fingerprint density at radius 1 is 0.867 bits per heavy atom. The summed E-state index contributed by atoms with van der Waals surface area (Å²) in [6, 6.07) is 0. The van der Waals surface area contributed by atoms with Crippen LogP contribution in [-0.2, 0) is 4.74 Å². The molecule has 2 atom stereocenters. The van der Waals surface area contributed by atoms with Gasteiger partial charge in [-0.3, -0.25) is 0 Å². The van der Waals surface area contributed by atoms with E-state index in [1.165, 1.54) is 0 Å². The maximum Gasteiger partial charge on any atom is 0.103 e. The normalized spacial score (nSPS) is 20.0. The molecule has 0 aromatic rings. The highest BCUT2D eigenvalue weighted by atomic mass is 16.5. The van der Waals surface area contributed by atoms with Crippen molar-refractivity contribution in [3.63, 3.8) is 0 Å². The van der Waals surface area contributed by atoms with Gasteiger partial charge >= 0.3 is 0 Å². The Labute approximate surface area is 93.8 Å². The molecule has 0 aliphatic rings. The SMILES string of the molecule is C=CC(C)(C=CC)OC(C)(C=C)C=CC. The first-order valence-corrected chi connectivity index (χ1v) is 5.20. The Balaban J connectivity index is 4.94. The Bertz CT molecular complexity index is 247. The molecule has 0 aromatic carbocycles. The summed E-state index contributed by atoms with van der Waals surface area (Å²) in [5, 5.41) is 0. The first kappa shape index (κ1) is 13.9. The van der Waals surface area contributed by atoms with Crippen molar-refractivity contribution in [3.8, 4) is 0 Å². The van der Waals surface area contributed by atoms with Crippen molar-refractivity contribution in [2.75, 3.05) is 0 Å². The summed E-state index contributed by atoms with van der Waals surface area (Å²) in [7, 11) is 0. The molecule has 0 heterocycles. The monoisotopic (exact) mass is 206 g/mol. The molecule has 0 aromatic heterocycles. The molecular formula is C14H22O. The van der Waals surface area contributed by atoms with Gasteiger partial charge in [0.15, 0.2) is 0 Å². The summed E-state index contributed by atoms with van der Waals surface area (Å²) < 4.78 is 6.00. The van der Waals surface area contributed by atoms with Crippen LogP contribution in [0.3, 0.4) is 0 Å². The van der Waals surface area contributed by atoms with Gasteiger partial charge in [0.1, 0.15) is 11.2 Å². The van der Waals surface area contributed by atoms with E-state index in [1.54, 1.807) is 12.2 Å². The van der Waals surface area contributed by atoms with Crippen LogP contribution in [-0.4, -0.2) is 11.2 Å². The van der Waals surface area contributed by atoms with Crippen molar-refractivity contribution in [1.82, 2.24) is 0 Å². The van der Waals surface area contributed by atoms with E-state index in [0.29, 0.717) is 0 Å². The van der Waals surface area contributed by atoms with Gasteiger partial charge in [-0.1, -0.05) is 49.6 Å². The molecule has 0 amide bonds. The van der Waals surface area contributed by atoms with E-state index in [9.17, 15) is 0 Å². The fraction of sp³-hybridized carbons (Fsp3) is 0.429. The maximum absolute atomic E-state index is 6.00. The summed E-state index contributed by atoms with van der Waals surface area (Å²) >= 11 is 0. The van der Waals surface area contributed by atoms with E-state index in [0.717, 1.165) is 0 Å². The predicted octanol–water partition coefficient (Wildman–Crippen LogP) is 4.04. The maximum atomic E-state index is 6.00. The Hall–Kier alpha value is -1.08. The van der Waals surface area contributed by atoms with Crippen LogP contribution in [0.15, 0.2) is 49.6 Å². The van der Waals surface area contributed by atoms with Gasteiger partial charge in [-0.05, 0) is 27.7 Å². The van der Waals surface area contributed by atoms with Crippen LogP contribution >= 0.6 is 0 Å². The number of allylic oxidation sites excluding steroid dienone is 2. The molecule has 0 rings (SSSR count). The fourth-order valence-corrected chi connectivity index (χ4v) is 1.42. The summed E-state index contributed by atoms with van der Waals surface area (Å²) in [4.78, 5) is 0. The lowest BCUT2D eigenvalue weighted by molar-refractivity contribution is -0.0344. The highest BCUT2D eigenvalue weighted by molar-refractivity contribution is 5.16. The summed E-state index contributed by atoms with van der Waals surface area (Å²) in [5.74, 6) is 0. The minimum absolute atomic E-state index is 0.461. The van der Waals surface area contributed by atoms with Gasteiger partial charge in [0.05, 0.1) is 0 Å². The lowest BCUT2D eigenvalue weighted by atomic mass is 10.0. The topological polar surface area (TPSA) is 9.23 Å². The lowest BCUT2D eigenvalue weighted by Gasteiger charge is -2.33. The zero-order chi connectivity index (χ0) is 11.9. The number of rotatable bonds is 6. The summed E-state index contributed by atoms with van der Waals surface area (Å²) in [6.45, 7) is 15.5. The van der Waals surface area contributed by atoms with Crippen molar-refractivity contribution >= 4 is 0 Å². The van der Waals surface area contributed by atoms with E-state index in [-0.39, 0.29) is 0 Å². The first-order valence-electron chi connectivity index (χ1n) is 5.20. The van der Waals surface area contributed by atoms with Gasteiger partial charge in [0.2, 0.25) is 0 Å². The molecule has 2 unspecified atom stereocenters. The Morgan fingerprint density at radius 3 is 1.40 bits per heavy atom. The zero-order valence-electron chi connectivity index (χ0n) is 10.3. The molecule has 0 saturated heterocycles. The van der Waals surface area contributed by atoms with Crippen molar-refractivity contribution in [1.29, 1.82) is 0 Å². The number of hydrogen-bond donors (Lipinski definition) is 0. The molecule has 0 bridgehead atoms. The van der Waals surface area contributed by atoms with Gasteiger partial charge in [0, 0.05) is 0 Å². The second-order valence-electron chi connectivity index (χ2n) is 3.88. The van der Waals surface area contributed by atoms with E-state index >= 15 is 0 Å². The quantitative estimate of drug-likeness (QED) is 0.596. The smallest absolute Gasteiger partial charge is 0.103 e. The third-order valence-corrected chi connectivity index (χ3v) is 2.25. The highest BCUT2D eigenvalue weighted by Crippen LogP contribution is 2.25. The Morgan fingerprint density at radius 2 is 1.20 bits per heavy atom. The summed E-state index contributed by atoms with van der Waals surface area (Å²) in [5.41, 5.74) is -0.922. The van der Waals surface area contributed by atoms with Crippen LogP contribution in [0.1, 0.15) is 27.7 Å². The van der Waals surface area contributed by atoms with E-state index in [1.807, 2.05) is 52.0 Å². The molecule has 15 heavy (non-hydrogen) atoms. The van der Waals surface area contributed by atoms with Gasteiger partial charge in [0.25, 0.3) is 0 Å². The first-order chi connectivity index (χ1) is 6.95. The molecule has 0 aliphatic heterocycles. The molecule has 1 heteroatoms. The van der Waals surface area contributed by atoms with E-state index in [4.69, 9.17) is 4.74 Å². The third kappa shape index (κ3) is 4.30. The molecule has 0 saturated carbocycles. The molecule has 1 nitrogen and oxygen atoms in total. The van der Waals surface area contributed by atoms with Gasteiger partial charge in [-0.15, -0.1) is 0 Å². The zero-order valence-corrected chi connectivity index (χ0v) is 10.3. The van der Waals surface area contributed by atoms with Gasteiger partial charge < -0.3 is 4.74 Å². The van der Waals surface area contributed by atoms with Crippen LogP contribution in [0, 0.1) is 0 Å². The average molecular weight is 206 g/mol. The number of hydrogen-bond acceptors (Lipinski definition) is 1. The van der Waals surface area contributed by atoms with Gasteiger partial charge in [-0.2, -0.15) is 0 Å². The van der Waals surface area contributed by atoms with Crippen LogP contribution in [0.25, 0.3) is 0 Å². The van der Waals surface area contributed by atoms with E-state index < -0.39 is 11.2 Å². The minimum atomic E-state index is -0.461. The molecule has 0 fully saturated rings. The molecule has 0 spiro atoms. The number of ether oxygens (including phenoxy) is 1. The Kier molecular flexibility index (Phi) is 5.31. The minimum Gasteiger partial charge on any atom is -0.353 e. The lowest BCUT2D eigenvalue weighted by Crippen LogP contribution is -2.35. The van der Waals surface area contributed by atoms with Crippen LogP contribution in [0.5, 0.6) is 0 Å². The van der Waals surface area contributed by atoms with Gasteiger partial charge in [-0.25, -0.2) is 0 Å². The predicted molar refractivity (Wildman–Crippen MR) is 67.9 cm³/mol. The van der Waals surface area contributed by atoms with Crippen molar-refractivity contribution in [3.05, 3.63) is 49.6 Å². The third-order valence-electron chi connectivity index (χ3n) is 2.25. The van der Waals surface area contributed by atoms with Crippen LogP contribution < -0.4 is 0 Å². The summed E-state index contributed by atoms with van der Waals surface area (Å²) in [6.07, 6.45) is 11.5. The van der Waals surface area contributed by atoms with Crippen LogP contribution in [0.2, 0.25) is 0 Å². The largest absolute Gasteiger partial charge is 0.353 e.